The molecule has 2 heteroatoms. The number of benzene rings is 2. The summed E-state index contributed by atoms with van der Waals surface area (Å²) in [5.41, 5.74) is 1.19. The summed E-state index contributed by atoms with van der Waals surface area (Å²) in [6, 6.07) is 15.4. The highest BCUT2D eigenvalue weighted by Crippen LogP contribution is 2.22. The van der Waals surface area contributed by atoms with Gasteiger partial charge in [0, 0.05) is 12.3 Å². The zero-order chi connectivity index (χ0) is 11.7. The van der Waals surface area contributed by atoms with E-state index in [9.17, 15) is 0 Å². The lowest BCUT2D eigenvalue weighted by Gasteiger charge is -2.17. The maximum atomic E-state index is 5.56. The minimum atomic E-state index is 0.307. The highest BCUT2D eigenvalue weighted by molar-refractivity contribution is 5.85. The van der Waals surface area contributed by atoms with E-state index in [0.717, 1.165) is 13.0 Å². The van der Waals surface area contributed by atoms with Crippen LogP contribution in [0, 0.1) is 0 Å². The van der Waals surface area contributed by atoms with Gasteiger partial charge >= 0.3 is 0 Å². The van der Waals surface area contributed by atoms with E-state index < -0.39 is 0 Å². The molecule has 1 saturated heterocycles. The molecule has 0 bridgehead atoms. The molecule has 1 heterocycles. The monoisotopic (exact) mass is 227 g/mol. The second-order valence-electron chi connectivity index (χ2n) is 4.68. The Hall–Kier alpha value is -1.54. The third-order valence-electron chi connectivity index (χ3n) is 3.48. The molecule has 2 aromatic rings. The number of fused-ring (bicyclic) bond motifs is 1. The van der Waals surface area contributed by atoms with E-state index in [1.807, 2.05) is 0 Å². The summed E-state index contributed by atoms with van der Waals surface area (Å²) in [7, 11) is 0. The van der Waals surface area contributed by atoms with Crippen molar-refractivity contribution in [1.82, 2.24) is 0 Å². The lowest BCUT2D eigenvalue weighted by atomic mass is 10.1. The highest BCUT2D eigenvalue weighted by atomic mass is 16.5. The molecular formula is C15H17NO. The van der Waals surface area contributed by atoms with Gasteiger partial charge in [-0.05, 0) is 36.2 Å². The van der Waals surface area contributed by atoms with Crippen molar-refractivity contribution in [2.75, 3.05) is 11.9 Å². The lowest BCUT2D eigenvalue weighted by Crippen LogP contribution is -2.26. The van der Waals surface area contributed by atoms with Crippen molar-refractivity contribution in [3.8, 4) is 0 Å². The third-order valence-corrected chi connectivity index (χ3v) is 3.48. The molecule has 2 atom stereocenters. The van der Waals surface area contributed by atoms with Gasteiger partial charge in [0.1, 0.15) is 0 Å². The van der Waals surface area contributed by atoms with Crippen LogP contribution >= 0.6 is 0 Å². The van der Waals surface area contributed by atoms with Gasteiger partial charge in [-0.3, -0.25) is 0 Å². The Morgan fingerprint density at radius 3 is 2.71 bits per heavy atom. The number of ether oxygens (including phenoxy) is 1. The zero-order valence-electron chi connectivity index (χ0n) is 10.0. The van der Waals surface area contributed by atoms with Gasteiger partial charge in [-0.15, -0.1) is 0 Å². The lowest BCUT2D eigenvalue weighted by molar-refractivity contribution is 0.121. The smallest absolute Gasteiger partial charge is 0.0748 e. The van der Waals surface area contributed by atoms with Crippen molar-refractivity contribution in [2.45, 2.75) is 25.5 Å². The van der Waals surface area contributed by atoms with Crippen LogP contribution in [-0.2, 0) is 4.74 Å². The van der Waals surface area contributed by atoms with Gasteiger partial charge in [0.2, 0.25) is 0 Å². The van der Waals surface area contributed by atoms with Crippen LogP contribution in [0.3, 0.4) is 0 Å². The quantitative estimate of drug-likeness (QED) is 0.848. The van der Waals surface area contributed by atoms with Gasteiger partial charge in [-0.25, -0.2) is 0 Å². The van der Waals surface area contributed by atoms with Gasteiger partial charge in [-0.2, -0.15) is 0 Å². The summed E-state index contributed by atoms with van der Waals surface area (Å²) >= 11 is 0. The molecule has 2 unspecified atom stereocenters. The van der Waals surface area contributed by atoms with Gasteiger partial charge in [-0.1, -0.05) is 30.3 Å². The molecule has 1 aliphatic heterocycles. The average Bonchev–Trinajstić information content (AvgIpc) is 2.75. The molecule has 0 radical (unpaired) electrons. The maximum absolute atomic E-state index is 5.56. The van der Waals surface area contributed by atoms with Crippen molar-refractivity contribution in [3.63, 3.8) is 0 Å². The molecule has 0 aromatic heterocycles. The second kappa shape index (κ2) is 4.38. The first-order valence-electron chi connectivity index (χ1n) is 6.20. The third kappa shape index (κ3) is 2.13. The summed E-state index contributed by atoms with van der Waals surface area (Å²) in [5, 5.41) is 6.13. The first-order valence-corrected chi connectivity index (χ1v) is 6.20. The van der Waals surface area contributed by atoms with Gasteiger partial charge in [0.25, 0.3) is 0 Å². The maximum Gasteiger partial charge on any atom is 0.0748 e. The second-order valence-corrected chi connectivity index (χ2v) is 4.68. The van der Waals surface area contributed by atoms with Crippen molar-refractivity contribution in [3.05, 3.63) is 42.5 Å². The largest absolute Gasteiger partial charge is 0.380 e. The van der Waals surface area contributed by atoms with Crippen LogP contribution < -0.4 is 5.32 Å². The van der Waals surface area contributed by atoms with Crippen LogP contribution in [0.5, 0.6) is 0 Å². The van der Waals surface area contributed by atoms with Crippen LogP contribution in [0.25, 0.3) is 10.8 Å². The van der Waals surface area contributed by atoms with Gasteiger partial charge in [0.15, 0.2) is 0 Å². The van der Waals surface area contributed by atoms with Crippen molar-refractivity contribution in [1.29, 1.82) is 0 Å². The number of hydrogen-bond acceptors (Lipinski definition) is 2. The topological polar surface area (TPSA) is 21.3 Å². The molecule has 17 heavy (non-hydrogen) atoms. The van der Waals surface area contributed by atoms with E-state index in [4.69, 9.17) is 4.74 Å². The molecule has 3 rings (SSSR count). The molecule has 1 fully saturated rings. The van der Waals surface area contributed by atoms with Gasteiger partial charge in [0.05, 0.1) is 12.1 Å². The molecular weight excluding hydrogens is 210 g/mol. The number of anilines is 1. The molecule has 0 aliphatic carbocycles. The number of nitrogens with one attached hydrogen (secondary N) is 1. The Bertz CT molecular complexity index is 523. The number of rotatable bonds is 2. The van der Waals surface area contributed by atoms with E-state index in [-0.39, 0.29) is 0 Å². The Morgan fingerprint density at radius 1 is 1.12 bits per heavy atom. The summed E-state index contributed by atoms with van der Waals surface area (Å²) in [6.07, 6.45) is 1.40. The Morgan fingerprint density at radius 2 is 1.94 bits per heavy atom. The first-order chi connectivity index (χ1) is 8.33. The van der Waals surface area contributed by atoms with E-state index >= 15 is 0 Å². The molecule has 2 aromatic carbocycles. The van der Waals surface area contributed by atoms with Crippen LogP contribution in [0.15, 0.2) is 42.5 Å². The Labute approximate surface area is 102 Å². The first kappa shape index (κ1) is 10.6. The highest BCUT2D eigenvalue weighted by Gasteiger charge is 2.23. The molecule has 0 spiro atoms. The molecule has 88 valence electrons. The van der Waals surface area contributed by atoms with E-state index in [1.54, 1.807) is 0 Å². The van der Waals surface area contributed by atoms with Crippen LogP contribution in [0.2, 0.25) is 0 Å². The SMILES string of the molecule is CC1OCCC1Nc1ccc2ccccc2c1. The van der Waals surface area contributed by atoms with Crippen molar-refractivity contribution in [2.24, 2.45) is 0 Å². The predicted molar refractivity (Wildman–Crippen MR) is 71.4 cm³/mol. The molecule has 1 N–H and O–H groups in total. The summed E-state index contributed by atoms with van der Waals surface area (Å²) in [4.78, 5) is 0. The van der Waals surface area contributed by atoms with Crippen LogP contribution in [-0.4, -0.2) is 18.8 Å². The van der Waals surface area contributed by atoms with Crippen molar-refractivity contribution < 1.29 is 4.74 Å². The molecule has 0 amide bonds. The molecule has 1 aliphatic rings. The van der Waals surface area contributed by atoms with Gasteiger partial charge < -0.3 is 10.1 Å². The fourth-order valence-corrected chi connectivity index (χ4v) is 2.41. The molecule has 2 nitrogen and oxygen atoms in total. The summed E-state index contributed by atoms with van der Waals surface area (Å²) < 4.78 is 5.56. The fourth-order valence-electron chi connectivity index (χ4n) is 2.41. The normalized spacial score (nSPS) is 24.1. The summed E-state index contributed by atoms with van der Waals surface area (Å²) in [6.45, 7) is 3.00. The Balaban J connectivity index is 1.85. The predicted octanol–water partition coefficient (Wildman–Crippen LogP) is 3.43. The summed E-state index contributed by atoms with van der Waals surface area (Å²) in [5.74, 6) is 0. The molecule has 0 saturated carbocycles. The van der Waals surface area contributed by atoms with Crippen LogP contribution in [0.4, 0.5) is 5.69 Å². The van der Waals surface area contributed by atoms with E-state index in [0.29, 0.717) is 12.1 Å². The van der Waals surface area contributed by atoms with Crippen molar-refractivity contribution >= 4 is 16.5 Å². The minimum Gasteiger partial charge on any atom is -0.380 e. The Kier molecular flexibility index (Phi) is 2.73. The number of hydrogen-bond donors (Lipinski definition) is 1. The fraction of sp³-hybridized carbons (Fsp3) is 0.333. The van der Waals surface area contributed by atoms with Crippen LogP contribution in [0.1, 0.15) is 13.3 Å². The standard InChI is InChI=1S/C15H17NO/c1-11-15(8-9-17-11)16-14-7-6-12-4-2-3-5-13(12)10-14/h2-7,10-11,15-16H,8-9H2,1H3. The zero-order valence-corrected chi connectivity index (χ0v) is 10.0. The van der Waals surface area contributed by atoms with E-state index in [1.165, 1.54) is 16.5 Å². The minimum absolute atomic E-state index is 0.307. The van der Waals surface area contributed by atoms with E-state index in [2.05, 4.69) is 54.7 Å². The average molecular weight is 227 g/mol.